The minimum atomic E-state index is -1.82. The van der Waals surface area contributed by atoms with Crippen LogP contribution in [-0.2, 0) is 15.8 Å². The summed E-state index contributed by atoms with van der Waals surface area (Å²) in [6.45, 7) is 13.1. The van der Waals surface area contributed by atoms with Crippen LogP contribution in [-0.4, -0.2) is 32.0 Å². The second-order valence-corrected chi connectivity index (χ2v) is 16.1. The van der Waals surface area contributed by atoms with Gasteiger partial charge < -0.3 is 9.16 Å². The van der Waals surface area contributed by atoms with Gasteiger partial charge in [0.1, 0.15) is 0 Å². The molecule has 5 heteroatoms. The van der Waals surface area contributed by atoms with Crippen molar-refractivity contribution in [2.45, 2.75) is 64.8 Å². The van der Waals surface area contributed by atoms with Crippen molar-refractivity contribution in [3.8, 4) is 0 Å². The average Bonchev–Trinajstić information content (AvgIpc) is 3.21. The zero-order valence-electron chi connectivity index (χ0n) is 21.8. The van der Waals surface area contributed by atoms with Gasteiger partial charge in [0.25, 0.3) is 0 Å². The van der Waals surface area contributed by atoms with E-state index in [0.717, 1.165) is 35.0 Å². The number of rotatable bonds is 10. The van der Waals surface area contributed by atoms with E-state index in [0.29, 0.717) is 26.2 Å². The van der Waals surface area contributed by atoms with E-state index in [1.807, 2.05) is 41.0 Å². The Hall–Kier alpha value is -2.47. The standard InChI is InChI=1S/C30H39NO3Si/c1-29(2,3)35(4,5)34-20-11-17-30(19-21-33-23-24-12-7-6-8-13-24)18-16-26-22-25-14-9-10-15-27(25)31(26)28(30)32/h6-10,12-16,18,22H,11,17,19-21,23H2,1-5H3/t30-/m1/s1. The molecule has 0 bridgehead atoms. The average molecular weight is 490 g/mol. The van der Waals surface area contributed by atoms with Crippen molar-refractivity contribution < 1.29 is 14.0 Å². The zero-order chi connectivity index (χ0) is 25.1. The van der Waals surface area contributed by atoms with E-state index in [1.165, 1.54) is 0 Å². The summed E-state index contributed by atoms with van der Waals surface area (Å²) in [4.78, 5) is 14.1. The molecule has 1 aliphatic heterocycles. The first-order chi connectivity index (χ1) is 16.6. The van der Waals surface area contributed by atoms with Crippen molar-refractivity contribution >= 4 is 31.2 Å². The third-order valence-electron chi connectivity index (χ3n) is 7.78. The molecule has 186 valence electrons. The van der Waals surface area contributed by atoms with Crippen molar-refractivity contribution in [2.24, 2.45) is 5.41 Å². The van der Waals surface area contributed by atoms with Crippen LogP contribution >= 0.6 is 0 Å². The molecule has 2 aromatic carbocycles. The first-order valence-electron chi connectivity index (χ1n) is 12.7. The summed E-state index contributed by atoms with van der Waals surface area (Å²) in [5.74, 6) is 0.145. The molecular weight excluding hydrogens is 450 g/mol. The lowest BCUT2D eigenvalue weighted by Gasteiger charge is -2.37. The number of ether oxygens (including phenoxy) is 1. The summed E-state index contributed by atoms with van der Waals surface area (Å²) < 4.78 is 14.4. The molecule has 0 aliphatic carbocycles. The molecular formula is C30H39NO3Si. The van der Waals surface area contributed by atoms with Gasteiger partial charge in [0.05, 0.1) is 17.5 Å². The van der Waals surface area contributed by atoms with Gasteiger partial charge >= 0.3 is 0 Å². The topological polar surface area (TPSA) is 40.5 Å². The molecule has 1 atom stereocenters. The molecule has 1 aromatic heterocycles. The lowest BCUT2D eigenvalue weighted by Crippen LogP contribution is -2.41. The molecule has 0 saturated carbocycles. The highest BCUT2D eigenvalue weighted by molar-refractivity contribution is 6.74. The van der Waals surface area contributed by atoms with Crippen molar-refractivity contribution in [1.82, 2.24) is 4.57 Å². The van der Waals surface area contributed by atoms with Crippen LogP contribution in [0.5, 0.6) is 0 Å². The minimum Gasteiger partial charge on any atom is -0.417 e. The summed E-state index contributed by atoms with van der Waals surface area (Å²) in [6, 6.07) is 20.4. The molecule has 3 aromatic rings. The van der Waals surface area contributed by atoms with Gasteiger partial charge in [-0.1, -0.05) is 75.4 Å². The second kappa shape index (κ2) is 10.3. The summed E-state index contributed by atoms with van der Waals surface area (Å²) in [6.07, 6.45) is 6.49. The molecule has 1 aliphatic rings. The Balaban J connectivity index is 1.50. The summed E-state index contributed by atoms with van der Waals surface area (Å²) in [5.41, 5.74) is 2.48. The van der Waals surface area contributed by atoms with E-state index >= 15 is 0 Å². The number of para-hydroxylation sites is 1. The zero-order valence-corrected chi connectivity index (χ0v) is 22.8. The van der Waals surface area contributed by atoms with Crippen molar-refractivity contribution in [1.29, 1.82) is 0 Å². The number of fused-ring (bicyclic) bond motifs is 3. The Kier molecular flexibility index (Phi) is 7.50. The fraction of sp³-hybridized carbons (Fsp3) is 0.433. The SMILES string of the molecule is CC(C)(C)[Si](C)(C)OCCC[C@]1(CCOCc2ccccc2)C=Cc2cc3ccccc3n2C1=O. The maximum absolute atomic E-state index is 14.1. The van der Waals surface area contributed by atoms with E-state index in [2.05, 4.69) is 70.3 Å². The number of nitrogens with zero attached hydrogens (tertiary/aromatic N) is 1. The number of hydrogen-bond acceptors (Lipinski definition) is 3. The van der Waals surface area contributed by atoms with Crippen molar-refractivity contribution in [2.75, 3.05) is 13.2 Å². The highest BCUT2D eigenvalue weighted by Crippen LogP contribution is 2.40. The van der Waals surface area contributed by atoms with Gasteiger partial charge in [0, 0.05) is 24.3 Å². The molecule has 0 spiro atoms. The van der Waals surface area contributed by atoms with Crippen molar-refractivity contribution in [3.05, 3.63) is 78.0 Å². The molecule has 0 radical (unpaired) electrons. The molecule has 0 N–H and O–H groups in total. The van der Waals surface area contributed by atoms with Gasteiger partial charge in [-0.2, -0.15) is 0 Å². The van der Waals surface area contributed by atoms with Crippen molar-refractivity contribution in [3.63, 3.8) is 0 Å². The number of carbonyl (C=O) groups is 1. The smallest absolute Gasteiger partial charge is 0.241 e. The van der Waals surface area contributed by atoms with E-state index in [1.54, 1.807) is 0 Å². The number of carbonyl (C=O) groups excluding carboxylic acids is 1. The number of aromatic nitrogens is 1. The maximum atomic E-state index is 14.1. The normalized spacial score (nSPS) is 18.3. The molecule has 0 unspecified atom stereocenters. The fourth-order valence-electron chi connectivity index (χ4n) is 4.52. The first-order valence-corrected chi connectivity index (χ1v) is 15.6. The summed E-state index contributed by atoms with van der Waals surface area (Å²) in [5, 5.41) is 1.27. The van der Waals surface area contributed by atoms with Crippen LogP contribution in [0.25, 0.3) is 17.0 Å². The quantitative estimate of drug-likeness (QED) is 0.216. The van der Waals surface area contributed by atoms with E-state index in [-0.39, 0.29) is 10.9 Å². The van der Waals surface area contributed by atoms with Gasteiger partial charge in [-0.05, 0) is 61.2 Å². The Bertz CT molecular complexity index is 1190. The van der Waals surface area contributed by atoms with Crippen LogP contribution in [0, 0.1) is 5.41 Å². The Morgan fingerprint density at radius 2 is 1.66 bits per heavy atom. The summed E-state index contributed by atoms with van der Waals surface area (Å²) >= 11 is 0. The monoisotopic (exact) mass is 489 g/mol. The molecule has 4 nitrogen and oxygen atoms in total. The van der Waals surface area contributed by atoms with Gasteiger partial charge in [-0.15, -0.1) is 0 Å². The maximum Gasteiger partial charge on any atom is 0.241 e. The van der Waals surface area contributed by atoms with E-state index < -0.39 is 13.7 Å². The van der Waals surface area contributed by atoms with Crippen LogP contribution < -0.4 is 0 Å². The molecule has 2 heterocycles. The predicted octanol–water partition coefficient (Wildman–Crippen LogP) is 7.70. The third kappa shape index (κ3) is 5.53. The number of hydrogen-bond donors (Lipinski definition) is 0. The van der Waals surface area contributed by atoms with Crippen LogP contribution in [0.1, 0.15) is 56.1 Å². The number of allylic oxidation sites excluding steroid dienone is 1. The van der Waals surface area contributed by atoms with Crippen LogP contribution in [0.15, 0.2) is 66.7 Å². The molecule has 0 saturated heterocycles. The molecule has 0 amide bonds. The third-order valence-corrected chi connectivity index (χ3v) is 12.3. The minimum absolute atomic E-state index is 0.145. The van der Waals surface area contributed by atoms with Gasteiger partial charge in [0.2, 0.25) is 5.91 Å². The highest BCUT2D eigenvalue weighted by Gasteiger charge is 2.41. The Morgan fingerprint density at radius 3 is 2.40 bits per heavy atom. The first kappa shape index (κ1) is 25.6. The van der Waals surface area contributed by atoms with E-state index in [4.69, 9.17) is 9.16 Å². The predicted molar refractivity (Wildman–Crippen MR) is 147 cm³/mol. The Morgan fingerprint density at radius 1 is 0.943 bits per heavy atom. The number of benzene rings is 2. The highest BCUT2D eigenvalue weighted by atomic mass is 28.4. The second-order valence-electron chi connectivity index (χ2n) is 11.3. The van der Waals surface area contributed by atoms with Crippen LogP contribution in [0.3, 0.4) is 0 Å². The fourth-order valence-corrected chi connectivity index (χ4v) is 5.61. The van der Waals surface area contributed by atoms with Gasteiger partial charge in [0.15, 0.2) is 8.32 Å². The molecule has 0 fully saturated rings. The summed E-state index contributed by atoms with van der Waals surface area (Å²) in [7, 11) is -1.82. The molecule has 4 rings (SSSR count). The lowest BCUT2D eigenvalue weighted by molar-refractivity contribution is 0.0587. The van der Waals surface area contributed by atoms with Gasteiger partial charge in [-0.25, -0.2) is 0 Å². The molecule has 35 heavy (non-hydrogen) atoms. The van der Waals surface area contributed by atoms with E-state index in [9.17, 15) is 4.79 Å². The van der Waals surface area contributed by atoms with Gasteiger partial charge in [-0.3, -0.25) is 9.36 Å². The van der Waals surface area contributed by atoms with Crippen LogP contribution in [0.4, 0.5) is 0 Å². The lowest BCUT2D eigenvalue weighted by atomic mass is 9.77. The van der Waals surface area contributed by atoms with Crippen LogP contribution in [0.2, 0.25) is 18.1 Å². The largest absolute Gasteiger partial charge is 0.417 e. The Labute approximate surface area is 211 Å².